The number of nitrogens with one attached hydrogen (secondary N) is 9. The van der Waals surface area contributed by atoms with Crippen LogP contribution in [0.25, 0.3) is 0 Å². The van der Waals surface area contributed by atoms with Gasteiger partial charge in [-0.15, -0.1) is 10.2 Å². The molecule has 0 saturated carbocycles. The van der Waals surface area contributed by atoms with Gasteiger partial charge in [0.15, 0.2) is 0 Å². The molecule has 0 fully saturated rings. The van der Waals surface area contributed by atoms with Crippen molar-refractivity contribution in [3.05, 3.63) is 23.8 Å². The molecule has 0 aliphatic carbocycles. The number of nitrogens with zero attached hydrogens (tertiary/aromatic N) is 6. The highest BCUT2D eigenvalue weighted by atomic mass is 31.2. The molecule has 2 aromatic heterocycles. The second kappa shape index (κ2) is 30.2. The maximum atomic E-state index is 13.9. The number of unbranched alkanes of at least 4 members (excludes halogenated alkanes) is 1. The molecule has 33 nitrogen and oxygen atoms in total. The van der Waals surface area contributed by atoms with Gasteiger partial charge in [-0.1, -0.05) is 10.4 Å². The van der Waals surface area contributed by atoms with E-state index in [0.29, 0.717) is 12.8 Å². The van der Waals surface area contributed by atoms with Gasteiger partial charge in [0.2, 0.25) is 53.2 Å². The molecule has 0 radical (unpaired) electrons. The Bertz CT molecular complexity index is 2360. The highest BCUT2D eigenvalue weighted by Crippen LogP contribution is 2.34. The first-order valence-electron chi connectivity index (χ1n) is 23.1. The van der Waals surface area contributed by atoms with Gasteiger partial charge < -0.3 is 84.0 Å². The minimum Gasteiger partial charge on any atom is -0.394 e. The van der Waals surface area contributed by atoms with E-state index in [-0.39, 0.29) is 43.9 Å². The summed E-state index contributed by atoms with van der Waals surface area (Å²) in [5.74, 6) is -7.83. The van der Waals surface area contributed by atoms with Gasteiger partial charge in [-0.3, -0.25) is 61.6 Å². The summed E-state index contributed by atoms with van der Waals surface area (Å²) in [5.41, 5.74) is 11.3. The van der Waals surface area contributed by atoms with E-state index in [2.05, 4.69) is 68.5 Å². The third-order valence-electron chi connectivity index (χ3n) is 10.6. The van der Waals surface area contributed by atoms with Crippen LogP contribution >= 0.6 is 15.2 Å². The zero-order valence-corrected chi connectivity index (χ0v) is 43.4. The molecule has 0 aromatic carbocycles. The van der Waals surface area contributed by atoms with E-state index in [1.165, 1.54) is 54.1 Å². The fourth-order valence-electron chi connectivity index (χ4n) is 6.25. The van der Waals surface area contributed by atoms with Gasteiger partial charge in [0.25, 0.3) is 0 Å². The van der Waals surface area contributed by atoms with Gasteiger partial charge >= 0.3 is 15.2 Å². The average Bonchev–Trinajstić information content (AvgIpc) is 3.99. The lowest BCUT2D eigenvalue weighted by atomic mass is 10.1. The number of aliphatic hydroxyl groups excluding tert-OH is 1. The first kappa shape index (κ1) is 63.8. The summed E-state index contributed by atoms with van der Waals surface area (Å²) in [5, 5.41) is 46.6. The van der Waals surface area contributed by atoms with E-state index in [9.17, 15) is 77.0 Å². The SMILES string of the molecule is CNC(=O)[C@H](CO)NC(=O)[C@H](CCCCN)NC(=O)[C@H](C)NC(=O)[C@H](Cc1cn(CCP(=O)(O)O)nn1)NC(=O)[C@H](C)NC(=O)[C@H](C)NC(=O)[C@H](Cc1cn(CCP(=O)(O)O)nn1)NC(=O)[C@H](C)NC(=O)[C@H](C)N. The highest BCUT2D eigenvalue weighted by molar-refractivity contribution is 7.52. The largest absolute Gasteiger partial charge is 0.394 e. The number of hydrogen-bond acceptors (Lipinski definition) is 18. The molecule has 35 heteroatoms. The fraction of sp³-hybridized carbons (Fsp3) is 0.667. The lowest BCUT2D eigenvalue weighted by Crippen LogP contribution is -2.60. The van der Waals surface area contributed by atoms with Crippen LogP contribution in [0.2, 0.25) is 0 Å². The Morgan fingerprint density at radius 2 is 0.892 bits per heavy atom. The van der Waals surface area contributed by atoms with E-state index in [1.807, 2.05) is 0 Å². The van der Waals surface area contributed by atoms with E-state index in [1.54, 1.807) is 0 Å². The molecule has 74 heavy (non-hydrogen) atoms. The molecular formula is C39H69N17O16P2. The van der Waals surface area contributed by atoms with Crippen LogP contribution in [0.3, 0.4) is 0 Å². The Hall–Kier alpha value is -6.31. The number of carbonyl (C=O) groups excluding carboxylic acids is 9. The molecule has 0 aliphatic heterocycles. The molecule has 2 heterocycles. The molecule has 416 valence electrons. The van der Waals surface area contributed by atoms with Crippen LogP contribution in [-0.2, 0) is 78.2 Å². The van der Waals surface area contributed by atoms with Crippen molar-refractivity contribution in [1.82, 2.24) is 77.8 Å². The Morgan fingerprint density at radius 1 is 0.541 bits per heavy atom. The summed E-state index contributed by atoms with van der Waals surface area (Å²) < 4.78 is 25.0. The molecule has 0 aliphatic rings. The third-order valence-corrected chi connectivity index (χ3v) is 12.1. The van der Waals surface area contributed by atoms with Crippen LogP contribution in [0.1, 0.15) is 65.3 Å². The number of carbonyl (C=O) groups is 9. The minimum absolute atomic E-state index is 0.0310. The number of likely N-dealkylation sites (N-methyl/N-ethyl adjacent to an activating group) is 1. The van der Waals surface area contributed by atoms with Crippen molar-refractivity contribution < 1.29 is 77.0 Å². The number of amides is 9. The molecule has 0 spiro atoms. The topological polar surface area (TPSA) is 511 Å². The zero-order chi connectivity index (χ0) is 56.1. The van der Waals surface area contributed by atoms with Crippen LogP contribution in [0, 0.1) is 0 Å². The molecule has 0 unspecified atom stereocenters. The molecule has 2 rings (SSSR count). The number of hydrogen-bond donors (Lipinski definition) is 16. The zero-order valence-electron chi connectivity index (χ0n) is 41.6. The van der Waals surface area contributed by atoms with Gasteiger partial charge in [-0.2, -0.15) is 0 Å². The van der Waals surface area contributed by atoms with Crippen molar-refractivity contribution in [3.63, 3.8) is 0 Å². The number of aryl methyl sites for hydroxylation is 2. The Kier molecular flexibility index (Phi) is 26.0. The normalized spacial score (nSPS) is 15.3. The van der Waals surface area contributed by atoms with Crippen molar-refractivity contribution in [1.29, 1.82) is 0 Å². The highest BCUT2D eigenvalue weighted by Gasteiger charge is 2.33. The molecule has 9 atom stereocenters. The van der Waals surface area contributed by atoms with E-state index >= 15 is 0 Å². The van der Waals surface area contributed by atoms with E-state index in [0.717, 1.165) is 9.36 Å². The summed E-state index contributed by atoms with van der Waals surface area (Å²) in [6.45, 7) is 5.39. The van der Waals surface area contributed by atoms with Crippen LogP contribution in [0.4, 0.5) is 0 Å². The van der Waals surface area contributed by atoms with Gasteiger partial charge in [-0.25, -0.2) is 0 Å². The first-order chi connectivity index (χ1) is 34.5. The number of nitrogens with two attached hydrogens (primary N) is 2. The quantitative estimate of drug-likeness (QED) is 0.0239. The fourth-order valence-corrected chi connectivity index (χ4v) is 7.18. The summed E-state index contributed by atoms with van der Waals surface area (Å²) in [6.07, 6.45) is 1.40. The minimum atomic E-state index is -4.45. The monoisotopic (exact) mass is 1090 g/mol. The Balaban J connectivity index is 2.30. The van der Waals surface area contributed by atoms with E-state index in [4.69, 9.17) is 11.5 Å². The summed E-state index contributed by atoms with van der Waals surface area (Å²) in [4.78, 5) is 156. The Labute approximate surface area is 424 Å². The standard InChI is InChI=1S/C39H69N17O16P2/c1-20(41)31(58)43-22(3)34(61)48-28(15-25-17-55(53-51-25)11-13-73(67,68)69)38(65)45-21(2)32(59)44-23(4)35(62)49-29(16-26-18-56(54-52-26)12-14-74(70,71)72)39(66)46-24(5)33(60)47-27(9-7-8-10-40)37(64)50-30(19-57)36(63)42-6/h17-18,20-24,27-30,57H,7-16,19,40-41H2,1-6H3,(H,42,63)(H,43,58)(H,44,59)(H,45,65)(H,46,66)(H,47,60)(H,48,61)(H,49,62)(H,50,64)(H2,67,68,69)(H2,70,71,72)/t20-,21-,22-,23-,24-,27-,28-,29-,30-/m0/s1. The molecule has 0 bridgehead atoms. The Morgan fingerprint density at radius 3 is 1.26 bits per heavy atom. The number of aliphatic hydroxyl groups is 1. The van der Waals surface area contributed by atoms with Gasteiger partial charge in [0, 0.05) is 32.3 Å². The van der Waals surface area contributed by atoms with Crippen molar-refractivity contribution in [2.45, 2.75) is 134 Å². The average molecular weight is 1090 g/mol. The van der Waals surface area contributed by atoms with Crippen LogP contribution in [0.5, 0.6) is 0 Å². The van der Waals surface area contributed by atoms with Crippen LogP contribution in [-0.4, -0.2) is 195 Å². The molecule has 2 aromatic rings. The second-order valence-electron chi connectivity index (χ2n) is 17.2. The van der Waals surface area contributed by atoms with Gasteiger partial charge in [0.1, 0.15) is 48.3 Å². The third kappa shape index (κ3) is 23.3. The second-order valence-corrected chi connectivity index (χ2v) is 20.7. The van der Waals surface area contributed by atoms with Crippen LogP contribution < -0.4 is 59.3 Å². The predicted octanol–water partition coefficient (Wildman–Crippen LogP) is -7.82. The maximum absolute atomic E-state index is 13.9. The lowest BCUT2D eigenvalue weighted by Gasteiger charge is -2.25. The summed E-state index contributed by atoms with van der Waals surface area (Å²) in [7, 11) is -7.58. The number of rotatable bonds is 32. The van der Waals surface area contributed by atoms with Gasteiger partial charge in [-0.05, 0) is 60.4 Å². The lowest BCUT2D eigenvalue weighted by molar-refractivity contribution is -0.135. The van der Waals surface area contributed by atoms with Gasteiger partial charge in [0.05, 0.1) is 49.4 Å². The van der Waals surface area contributed by atoms with Crippen molar-refractivity contribution in [3.8, 4) is 0 Å². The maximum Gasteiger partial charge on any atom is 0.327 e. The molecular weight excluding hydrogens is 1020 g/mol. The number of aromatic nitrogens is 6. The smallest absolute Gasteiger partial charge is 0.327 e. The summed E-state index contributed by atoms with van der Waals surface area (Å²) in [6, 6.07) is -12.1. The van der Waals surface area contributed by atoms with E-state index < -0.39 is 148 Å². The summed E-state index contributed by atoms with van der Waals surface area (Å²) >= 11 is 0. The van der Waals surface area contributed by atoms with Crippen LogP contribution in [0.15, 0.2) is 12.4 Å². The molecule has 0 saturated heterocycles. The van der Waals surface area contributed by atoms with Crippen molar-refractivity contribution in [2.75, 3.05) is 32.5 Å². The first-order valence-corrected chi connectivity index (χ1v) is 26.6. The van der Waals surface area contributed by atoms with Crippen molar-refractivity contribution >= 4 is 68.4 Å². The molecule has 9 amide bonds. The molecule has 18 N–H and O–H groups in total. The predicted molar refractivity (Wildman–Crippen MR) is 257 cm³/mol. The van der Waals surface area contributed by atoms with Crippen molar-refractivity contribution in [2.24, 2.45) is 11.5 Å².